The van der Waals surface area contributed by atoms with Gasteiger partial charge in [0.05, 0.1) is 0 Å². The second-order valence-corrected chi connectivity index (χ2v) is 8.84. The van der Waals surface area contributed by atoms with Gasteiger partial charge in [-0.3, -0.25) is 14.5 Å². The number of para-hydroxylation sites is 1. The van der Waals surface area contributed by atoms with Crippen molar-refractivity contribution in [1.29, 1.82) is 0 Å². The minimum Gasteiger partial charge on any atom is -0.367 e. The lowest BCUT2D eigenvalue weighted by Gasteiger charge is -2.37. The first-order valence-corrected chi connectivity index (χ1v) is 11.3. The highest BCUT2D eigenvalue weighted by Crippen LogP contribution is 2.33. The SMILES string of the molecule is C[C@@H]1CCc2ccccc2N1CCNC(=O)CCN1C(=O)NC2(CCCCC2)C1=O. The molecule has 1 spiro atoms. The Morgan fingerprint density at radius 2 is 1.93 bits per heavy atom. The average molecular weight is 413 g/mol. The highest BCUT2D eigenvalue weighted by molar-refractivity contribution is 6.07. The van der Waals surface area contributed by atoms with Gasteiger partial charge in [-0.05, 0) is 44.2 Å². The summed E-state index contributed by atoms with van der Waals surface area (Å²) in [6.07, 6.45) is 6.77. The lowest BCUT2D eigenvalue weighted by Crippen LogP contribution is -2.48. The molecule has 0 aromatic heterocycles. The van der Waals surface area contributed by atoms with Crippen LogP contribution in [0, 0.1) is 0 Å². The largest absolute Gasteiger partial charge is 0.367 e. The predicted molar refractivity (Wildman–Crippen MR) is 115 cm³/mol. The van der Waals surface area contributed by atoms with Gasteiger partial charge in [-0.25, -0.2) is 4.79 Å². The molecular formula is C23H32N4O3. The Labute approximate surface area is 178 Å². The number of amides is 4. The van der Waals surface area contributed by atoms with Crippen molar-refractivity contribution in [2.45, 2.75) is 69.9 Å². The maximum atomic E-state index is 12.8. The highest BCUT2D eigenvalue weighted by Gasteiger charge is 2.51. The second-order valence-electron chi connectivity index (χ2n) is 8.84. The van der Waals surface area contributed by atoms with Crippen LogP contribution >= 0.6 is 0 Å². The number of hydrogen-bond donors (Lipinski definition) is 2. The zero-order valence-electron chi connectivity index (χ0n) is 17.8. The Morgan fingerprint density at radius 1 is 1.17 bits per heavy atom. The normalized spacial score (nSPS) is 22.8. The van der Waals surface area contributed by atoms with Crippen LogP contribution in [-0.2, 0) is 16.0 Å². The van der Waals surface area contributed by atoms with Crippen molar-refractivity contribution >= 4 is 23.5 Å². The average Bonchev–Trinajstić information content (AvgIpc) is 2.97. The van der Waals surface area contributed by atoms with Crippen molar-refractivity contribution in [3.63, 3.8) is 0 Å². The third kappa shape index (κ3) is 4.02. The molecule has 1 atom stereocenters. The molecule has 1 saturated heterocycles. The number of nitrogens with zero attached hydrogens (tertiary/aromatic N) is 2. The molecule has 2 aliphatic heterocycles. The smallest absolute Gasteiger partial charge is 0.325 e. The minimum atomic E-state index is -0.719. The maximum Gasteiger partial charge on any atom is 0.325 e. The van der Waals surface area contributed by atoms with Crippen molar-refractivity contribution in [2.75, 3.05) is 24.5 Å². The monoisotopic (exact) mass is 412 g/mol. The number of nitrogens with one attached hydrogen (secondary N) is 2. The van der Waals surface area contributed by atoms with E-state index in [2.05, 4.69) is 46.7 Å². The van der Waals surface area contributed by atoms with E-state index in [1.165, 1.54) is 16.2 Å². The van der Waals surface area contributed by atoms with Crippen LogP contribution in [0.25, 0.3) is 0 Å². The molecule has 30 heavy (non-hydrogen) atoms. The van der Waals surface area contributed by atoms with E-state index in [4.69, 9.17) is 0 Å². The first-order valence-electron chi connectivity index (χ1n) is 11.3. The Hall–Kier alpha value is -2.57. The van der Waals surface area contributed by atoms with Crippen molar-refractivity contribution in [3.8, 4) is 0 Å². The number of benzene rings is 1. The van der Waals surface area contributed by atoms with E-state index in [-0.39, 0.29) is 30.8 Å². The summed E-state index contributed by atoms with van der Waals surface area (Å²) in [5.41, 5.74) is 1.89. The van der Waals surface area contributed by atoms with Crippen LogP contribution in [0.3, 0.4) is 0 Å². The van der Waals surface area contributed by atoms with Crippen LogP contribution in [0.15, 0.2) is 24.3 Å². The number of carbonyl (C=O) groups is 3. The topological polar surface area (TPSA) is 81.8 Å². The Balaban J connectivity index is 1.25. The van der Waals surface area contributed by atoms with E-state index in [0.29, 0.717) is 25.4 Å². The lowest BCUT2D eigenvalue weighted by molar-refractivity contribution is -0.132. The summed E-state index contributed by atoms with van der Waals surface area (Å²) in [6.45, 7) is 3.65. The number of anilines is 1. The zero-order chi connectivity index (χ0) is 21.1. The fourth-order valence-corrected chi connectivity index (χ4v) is 5.09. The van der Waals surface area contributed by atoms with Crippen LogP contribution in [0.2, 0.25) is 0 Å². The first kappa shape index (κ1) is 20.7. The van der Waals surface area contributed by atoms with Crippen LogP contribution < -0.4 is 15.5 Å². The highest BCUT2D eigenvalue weighted by atomic mass is 16.2. The van der Waals surface area contributed by atoms with Gasteiger partial charge >= 0.3 is 6.03 Å². The molecule has 2 fully saturated rings. The van der Waals surface area contributed by atoms with E-state index in [1.807, 2.05) is 0 Å². The Bertz CT molecular complexity index is 818. The van der Waals surface area contributed by atoms with Gasteiger partial charge < -0.3 is 15.5 Å². The summed E-state index contributed by atoms with van der Waals surface area (Å²) in [5.74, 6) is -0.281. The van der Waals surface area contributed by atoms with Crippen LogP contribution in [0.4, 0.5) is 10.5 Å². The second kappa shape index (κ2) is 8.66. The van der Waals surface area contributed by atoms with Gasteiger partial charge in [-0.15, -0.1) is 0 Å². The molecule has 1 aromatic rings. The fourth-order valence-electron chi connectivity index (χ4n) is 5.09. The number of urea groups is 1. The van der Waals surface area contributed by atoms with Gasteiger partial charge in [-0.1, -0.05) is 37.5 Å². The van der Waals surface area contributed by atoms with Crippen LogP contribution in [-0.4, -0.2) is 54.0 Å². The standard InChI is InChI=1S/C23H32N4O3/c1-17-9-10-18-7-3-4-8-19(18)26(17)16-14-24-20(28)11-15-27-21(29)23(25-22(27)30)12-5-2-6-13-23/h3-4,7-8,17H,2,5-6,9-16H2,1H3,(H,24,28)(H,25,30)/t17-/m1/s1. The molecule has 4 rings (SSSR count). The van der Waals surface area contributed by atoms with Gasteiger partial charge in [-0.2, -0.15) is 0 Å². The first-order chi connectivity index (χ1) is 14.5. The number of aryl methyl sites for hydroxylation is 1. The zero-order valence-corrected chi connectivity index (χ0v) is 17.8. The third-order valence-corrected chi connectivity index (χ3v) is 6.85. The molecule has 0 bridgehead atoms. The van der Waals surface area contributed by atoms with Gasteiger partial charge in [0.2, 0.25) is 5.91 Å². The number of carbonyl (C=O) groups excluding carboxylic acids is 3. The molecule has 3 aliphatic rings. The third-order valence-electron chi connectivity index (χ3n) is 6.85. The molecule has 2 heterocycles. The van der Waals surface area contributed by atoms with Crippen LogP contribution in [0.1, 0.15) is 57.4 Å². The minimum absolute atomic E-state index is 0.127. The number of rotatable bonds is 6. The summed E-state index contributed by atoms with van der Waals surface area (Å²) >= 11 is 0. The molecule has 4 amide bonds. The number of hydrogen-bond acceptors (Lipinski definition) is 4. The molecule has 7 nitrogen and oxygen atoms in total. The Morgan fingerprint density at radius 3 is 2.73 bits per heavy atom. The summed E-state index contributed by atoms with van der Waals surface area (Å²) in [7, 11) is 0. The molecule has 162 valence electrons. The molecule has 1 saturated carbocycles. The van der Waals surface area contributed by atoms with Crippen molar-refractivity contribution in [1.82, 2.24) is 15.5 Å². The predicted octanol–water partition coefficient (Wildman–Crippen LogP) is 2.59. The molecule has 0 radical (unpaired) electrons. The quantitative estimate of drug-likeness (QED) is 0.704. The van der Waals surface area contributed by atoms with Crippen molar-refractivity contribution in [3.05, 3.63) is 29.8 Å². The number of imide groups is 1. The summed E-state index contributed by atoms with van der Waals surface area (Å²) in [5, 5.41) is 5.85. The van der Waals surface area contributed by atoms with E-state index in [0.717, 1.165) is 38.6 Å². The summed E-state index contributed by atoms with van der Waals surface area (Å²) in [4.78, 5) is 41.0. The van der Waals surface area contributed by atoms with Gasteiger partial charge in [0, 0.05) is 37.8 Å². The van der Waals surface area contributed by atoms with E-state index >= 15 is 0 Å². The van der Waals surface area contributed by atoms with E-state index < -0.39 is 5.54 Å². The Kier molecular flexibility index (Phi) is 5.97. The summed E-state index contributed by atoms with van der Waals surface area (Å²) < 4.78 is 0. The molecule has 0 unspecified atom stereocenters. The van der Waals surface area contributed by atoms with Gasteiger partial charge in [0.1, 0.15) is 5.54 Å². The molecule has 7 heteroatoms. The molecular weight excluding hydrogens is 380 g/mol. The van der Waals surface area contributed by atoms with Gasteiger partial charge in [0.15, 0.2) is 0 Å². The molecule has 1 aliphatic carbocycles. The fraction of sp³-hybridized carbons (Fsp3) is 0.609. The van der Waals surface area contributed by atoms with Crippen molar-refractivity contribution in [2.24, 2.45) is 0 Å². The van der Waals surface area contributed by atoms with Crippen LogP contribution in [0.5, 0.6) is 0 Å². The number of fused-ring (bicyclic) bond motifs is 1. The van der Waals surface area contributed by atoms with Crippen molar-refractivity contribution < 1.29 is 14.4 Å². The summed E-state index contributed by atoms with van der Waals surface area (Å²) in [6, 6.07) is 8.53. The lowest BCUT2D eigenvalue weighted by atomic mass is 9.82. The van der Waals surface area contributed by atoms with E-state index in [9.17, 15) is 14.4 Å². The van der Waals surface area contributed by atoms with E-state index in [1.54, 1.807) is 0 Å². The molecule has 2 N–H and O–H groups in total. The maximum absolute atomic E-state index is 12.8. The van der Waals surface area contributed by atoms with Gasteiger partial charge in [0.25, 0.3) is 5.91 Å². The molecule has 1 aromatic carbocycles.